The van der Waals surface area contributed by atoms with Crippen molar-refractivity contribution < 1.29 is 0 Å². The first kappa shape index (κ1) is 13.4. The van der Waals surface area contributed by atoms with Crippen LogP contribution in [0.25, 0.3) is 0 Å². The van der Waals surface area contributed by atoms with Crippen LogP contribution in [-0.2, 0) is 13.0 Å². The highest BCUT2D eigenvalue weighted by Gasteiger charge is 2.07. The van der Waals surface area contributed by atoms with Gasteiger partial charge in [0, 0.05) is 31.4 Å². The third-order valence-corrected chi connectivity index (χ3v) is 3.38. The van der Waals surface area contributed by atoms with Gasteiger partial charge in [-0.15, -0.1) is 0 Å². The second-order valence-electron chi connectivity index (χ2n) is 4.40. The van der Waals surface area contributed by atoms with Crippen molar-refractivity contribution in [2.45, 2.75) is 25.9 Å². The van der Waals surface area contributed by atoms with Crippen molar-refractivity contribution >= 4 is 23.2 Å². The fourth-order valence-corrected chi connectivity index (χ4v) is 2.12. The van der Waals surface area contributed by atoms with Gasteiger partial charge in [-0.05, 0) is 24.6 Å². The van der Waals surface area contributed by atoms with Crippen LogP contribution >= 0.6 is 23.2 Å². The topological polar surface area (TPSA) is 43.8 Å². The molecule has 0 aliphatic rings. The summed E-state index contributed by atoms with van der Waals surface area (Å²) in [5, 5.41) is 1.14. The first-order valence-corrected chi connectivity index (χ1v) is 6.51. The molecule has 2 N–H and O–H groups in total. The minimum atomic E-state index is 0.0972. The van der Waals surface area contributed by atoms with E-state index >= 15 is 0 Å². The van der Waals surface area contributed by atoms with E-state index in [9.17, 15) is 0 Å². The fourth-order valence-electron chi connectivity index (χ4n) is 1.80. The Morgan fingerprint density at radius 3 is 2.78 bits per heavy atom. The van der Waals surface area contributed by atoms with Crippen LogP contribution in [0.2, 0.25) is 10.0 Å². The summed E-state index contributed by atoms with van der Waals surface area (Å²) < 4.78 is 2.07. The first-order valence-electron chi connectivity index (χ1n) is 5.76. The summed E-state index contributed by atoms with van der Waals surface area (Å²) in [5.74, 6) is 0.982. The molecule has 0 bridgehead atoms. The number of nitrogens with two attached hydrogens (primary N) is 1. The number of hydrogen-bond acceptors (Lipinski definition) is 2. The van der Waals surface area contributed by atoms with E-state index < -0.39 is 0 Å². The highest BCUT2D eigenvalue weighted by molar-refractivity contribution is 6.42. The number of halogens is 2. The van der Waals surface area contributed by atoms with Gasteiger partial charge in [0.25, 0.3) is 0 Å². The van der Waals surface area contributed by atoms with Gasteiger partial charge < -0.3 is 10.3 Å². The fraction of sp³-hybridized carbons (Fsp3) is 0.308. The SMILES string of the molecule is CC(N)Cc1nccn1Cc1ccc(Cl)c(Cl)c1. The van der Waals surface area contributed by atoms with Gasteiger partial charge in [0.1, 0.15) is 5.82 Å². The molecule has 1 atom stereocenters. The maximum Gasteiger partial charge on any atom is 0.110 e. The lowest BCUT2D eigenvalue weighted by Gasteiger charge is -2.10. The minimum absolute atomic E-state index is 0.0972. The molecule has 5 heteroatoms. The summed E-state index contributed by atoms with van der Waals surface area (Å²) in [6.07, 6.45) is 4.49. The second kappa shape index (κ2) is 5.74. The zero-order chi connectivity index (χ0) is 13.1. The van der Waals surface area contributed by atoms with E-state index in [4.69, 9.17) is 28.9 Å². The molecule has 0 aliphatic carbocycles. The molecule has 18 heavy (non-hydrogen) atoms. The molecule has 2 aromatic rings. The van der Waals surface area contributed by atoms with Crippen LogP contribution in [0.4, 0.5) is 0 Å². The van der Waals surface area contributed by atoms with Crippen molar-refractivity contribution in [3.05, 3.63) is 52.0 Å². The Hall–Kier alpha value is -1.03. The van der Waals surface area contributed by atoms with Crippen molar-refractivity contribution in [2.24, 2.45) is 5.73 Å². The third kappa shape index (κ3) is 3.25. The molecule has 0 saturated heterocycles. The van der Waals surface area contributed by atoms with Gasteiger partial charge in [0.05, 0.1) is 10.0 Å². The van der Waals surface area contributed by atoms with Crippen LogP contribution in [-0.4, -0.2) is 15.6 Å². The summed E-state index contributed by atoms with van der Waals surface area (Å²) in [7, 11) is 0. The second-order valence-corrected chi connectivity index (χ2v) is 5.22. The van der Waals surface area contributed by atoms with E-state index in [0.29, 0.717) is 10.0 Å². The van der Waals surface area contributed by atoms with Crippen molar-refractivity contribution in [3.8, 4) is 0 Å². The molecule has 0 aliphatic heterocycles. The number of benzene rings is 1. The molecule has 0 radical (unpaired) electrons. The number of hydrogen-bond donors (Lipinski definition) is 1. The molecule has 96 valence electrons. The van der Waals surface area contributed by atoms with Crippen LogP contribution in [0.3, 0.4) is 0 Å². The molecule has 2 rings (SSSR count). The lowest BCUT2D eigenvalue weighted by Crippen LogP contribution is -2.20. The Labute approximate surface area is 117 Å². The molecule has 0 saturated carbocycles. The lowest BCUT2D eigenvalue weighted by molar-refractivity contribution is 0.648. The van der Waals surface area contributed by atoms with Crippen LogP contribution in [0.15, 0.2) is 30.6 Å². The van der Waals surface area contributed by atoms with Gasteiger partial charge in [-0.25, -0.2) is 4.98 Å². The number of rotatable bonds is 4. The number of imidazole rings is 1. The number of nitrogens with zero attached hydrogens (tertiary/aromatic N) is 2. The zero-order valence-corrected chi connectivity index (χ0v) is 11.6. The van der Waals surface area contributed by atoms with E-state index in [1.165, 1.54) is 0 Å². The zero-order valence-electron chi connectivity index (χ0n) is 10.1. The van der Waals surface area contributed by atoms with Gasteiger partial charge in [-0.2, -0.15) is 0 Å². The Balaban J connectivity index is 2.18. The molecular weight excluding hydrogens is 269 g/mol. The maximum absolute atomic E-state index is 6.00. The van der Waals surface area contributed by atoms with Crippen LogP contribution < -0.4 is 5.73 Å². The quantitative estimate of drug-likeness (QED) is 0.937. The largest absolute Gasteiger partial charge is 0.330 e. The highest BCUT2D eigenvalue weighted by atomic mass is 35.5. The summed E-state index contributed by atoms with van der Waals surface area (Å²) in [5.41, 5.74) is 6.89. The molecule has 0 fully saturated rings. The molecular formula is C13H15Cl2N3. The van der Waals surface area contributed by atoms with E-state index in [0.717, 1.165) is 24.4 Å². The van der Waals surface area contributed by atoms with Crippen LogP contribution in [0, 0.1) is 0 Å². The number of aromatic nitrogens is 2. The monoisotopic (exact) mass is 283 g/mol. The van der Waals surface area contributed by atoms with Gasteiger partial charge in [0.15, 0.2) is 0 Å². The molecule has 1 aromatic carbocycles. The molecule has 3 nitrogen and oxygen atoms in total. The summed E-state index contributed by atoms with van der Waals surface area (Å²) >= 11 is 11.9. The molecule has 0 spiro atoms. The molecule has 0 amide bonds. The third-order valence-electron chi connectivity index (χ3n) is 2.64. The predicted octanol–water partition coefficient (Wildman–Crippen LogP) is 3.13. The van der Waals surface area contributed by atoms with Crippen molar-refractivity contribution in [1.29, 1.82) is 0 Å². The van der Waals surface area contributed by atoms with Crippen molar-refractivity contribution in [1.82, 2.24) is 9.55 Å². The van der Waals surface area contributed by atoms with Gasteiger partial charge in [-0.3, -0.25) is 0 Å². The van der Waals surface area contributed by atoms with E-state index in [-0.39, 0.29) is 6.04 Å². The van der Waals surface area contributed by atoms with Crippen molar-refractivity contribution in [3.63, 3.8) is 0 Å². The average Bonchev–Trinajstić information content (AvgIpc) is 2.70. The standard InChI is InChI=1S/C13H15Cl2N3/c1-9(16)6-13-17-4-5-18(13)8-10-2-3-11(14)12(15)7-10/h2-5,7,9H,6,8,16H2,1H3. The van der Waals surface area contributed by atoms with Gasteiger partial charge in [-0.1, -0.05) is 29.3 Å². The predicted molar refractivity (Wildman–Crippen MR) is 75.1 cm³/mol. The van der Waals surface area contributed by atoms with Gasteiger partial charge in [0.2, 0.25) is 0 Å². The maximum atomic E-state index is 6.00. The molecule has 1 heterocycles. The minimum Gasteiger partial charge on any atom is -0.330 e. The Morgan fingerprint density at radius 2 is 2.11 bits per heavy atom. The molecule has 1 unspecified atom stereocenters. The molecule has 1 aromatic heterocycles. The summed E-state index contributed by atoms with van der Waals surface area (Å²) in [6.45, 7) is 2.69. The smallest absolute Gasteiger partial charge is 0.110 e. The Morgan fingerprint density at radius 1 is 1.33 bits per heavy atom. The summed E-state index contributed by atoms with van der Waals surface area (Å²) in [6, 6.07) is 5.74. The average molecular weight is 284 g/mol. The van der Waals surface area contributed by atoms with Crippen molar-refractivity contribution in [2.75, 3.05) is 0 Å². The van der Waals surface area contributed by atoms with E-state index in [2.05, 4.69) is 9.55 Å². The van der Waals surface area contributed by atoms with Gasteiger partial charge >= 0.3 is 0 Å². The van der Waals surface area contributed by atoms with E-state index in [1.807, 2.05) is 25.3 Å². The Kier molecular flexibility index (Phi) is 4.27. The first-order chi connectivity index (χ1) is 8.56. The highest BCUT2D eigenvalue weighted by Crippen LogP contribution is 2.23. The lowest BCUT2D eigenvalue weighted by atomic mass is 10.2. The van der Waals surface area contributed by atoms with Crippen LogP contribution in [0.5, 0.6) is 0 Å². The summed E-state index contributed by atoms with van der Waals surface area (Å²) in [4.78, 5) is 4.32. The van der Waals surface area contributed by atoms with Crippen LogP contribution in [0.1, 0.15) is 18.3 Å². The van der Waals surface area contributed by atoms with E-state index in [1.54, 1.807) is 12.3 Å². The normalized spacial score (nSPS) is 12.7. The Bertz CT molecular complexity index is 535.